The molecular formula is C24H27N3O3S. The predicted molar refractivity (Wildman–Crippen MR) is 127 cm³/mol. The van der Waals surface area contributed by atoms with Crippen LogP contribution >= 0.6 is 12.2 Å². The Kier molecular flexibility index (Phi) is 7.67. The van der Waals surface area contributed by atoms with E-state index in [1.54, 1.807) is 27.5 Å². The molecule has 1 aromatic heterocycles. The molecule has 0 radical (unpaired) electrons. The lowest BCUT2D eigenvalue weighted by molar-refractivity contribution is 0.341. The lowest BCUT2D eigenvalue weighted by Gasteiger charge is -2.27. The molecule has 0 spiro atoms. The molecule has 3 aromatic rings. The fourth-order valence-corrected chi connectivity index (χ4v) is 3.53. The SMILES string of the molecule is COc1cc(C)ccc1NC(=S)N(Cc1cccnc1)Cc1cccc(OC)c1OC. The minimum absolute atomic E-state index is 0.523. The maximum Gasteiger partial charge on any atom is 0.174 e. The Bertz CT molecular complexity index is 1030. The minimum Gasteiger partial charge on any atom is -0.495 e. The van der Waals surface area contributed by atoms with Crippen LogP contribution in [0, 0.1) is 6.92 Å². The Morgan fingerprint density at radius 1 is 0.968 bits per heavy atom. The predicted octanol–water partition coefficient (Wildman–Crippen LogP) is 4.82. The number of para-hydroxylation sites is 1. The summed E-state index contributed by atoms with van der Waals surface area (Å²) in [7, 11) is 4.92. The summed E-state index contributed by atoms with van der Waals surface area (Å²) in [6.07, 6.45) is 3.59. The number of ether oxygens (including phenoxy) is 3. The fourth-order valence-electron chi connectivity index (χ4n) is 3.29. The molecule has 1 N–H and O–H groups in total. The largest absolute Gasteiger partial charge is 0.495 e. The average Bonchev–Trinajstić information content (AvgIpc) is 2.80. The molecular weight excluding hydrogens is 410 g/mol. The van der Waals surface area contributed by atoms with Crippen molar-refractivity contribution >= 4 is 23.0 Å². The van der Waals surface area contributed by atoms with Crippen LogP contribution < -0.4 is 19.5 Å². The lowest BCUT2D eigenvalue weighted by Crippen LogP contribution is -2.34. The van der Waals surface area contributed by atoms with Gasteiger partial charge in [0, 0.05) is 31.0 Å². The summed E-state index contributed by atoms with van der Waals surface area (Å²) in [5.41, 5.74) is 3.93. The minimum atomic E-state index is 0.523. The molecule has 3 rings (SSSR count). The second-order valence-corrected chi connectivity index (χ2v) is 7.39. The van der Waals surface area contributed by atoms with E-state index in [0.717, 1.165) is 28.1 Å². The number of thiocarbonyl (C=S) groups is 1. The van der Waals surface area contributed by atoms with E-state index in [2.05, 4.69) is 15.2 Å². The van der Waals surface area contributed by atoms with E-state index in [1.807, 2.05) is 61.7 Å². The molecule has 0 aliphatic rings. The first-order chi connectivity index (χ1) is 15.0. The number of aryl methyl sites for hydroxylation is 1. The number of benzene rings is 2. The number of anilines is 1. The third-order valence-electron chi connectivity index (χ3n) is 4.83. The zero-order chi connectivity index (χ0) is 22.2. The molecule has 0 bridgehead atoms. The highest BCUT2D eigenvalue weighted by atomic mass is 32.1. The Morgan fingerprint density at radius 3 is 2.45 bits per heavy atom. The van der Waals surface area contributed by atoms with Gasteiger partial charge in [-0.25, -0.2) is 0 Å². The van der Waals surface area contributed by atoms with Crippen LogP contribution in [0.4, 0.5) is 5.69 Å². The number of hydrogen-bond acceptors (Lipinski definition) is 5. The van der Waals surface area contributed by atoms with Crippen molar-refractivity contribution in [2.45, 2.75) is 20.0 Å². The van der Waals surface area contributed by atoms with Gasteiger partial charge >= 0.3 is 0 Å². The highest BCUT2D eigenvalue weighted by Crippen LogP contribution is 2.32. The summed E-state index contributed by atoms with van der Waals surface area (Å²) in [5, 5.41) is 3.90. The van der Waals surface area contributed by atoms with Crippen LogP contribution in [0.1, 0.15) is 16.7 Å². The molecule has 0 saturated carbocycles. The molecule has 162 valence electrons. The standard InChI is InChI=1S/C24H27N3O3S/c1-17-10-11-20(22(13-17)29-3)26-24(31)27(15-18-7-6-12-25-14-18)16-19-8-5-9-21(28-2)23(19)30-4/h5-14H,15-16H2,1-4H3,(H,26,31). The van der Waals surface area contributed by atoms with Crippen molar-refractivity contribution in [3.8, 4) is 17.2 Å². The molecule has 0 fully saturated rings. The van der Waals surface area contributed by atoms with Gasteiger partial charge in [-0.2, -0.15) is 0 Å². The van der Waals surface area contributed by atoms with Gasteiger partial charge in [0.1, 0.15) is 5.75 Å². The van der Waals surface area contributed by atoms with Gasteiger partial charge in [0.25, 0.3) is 0 Å². The molecule has 0 amide bonds. The van der Waals surface area contributed by atoms with Gasteiger partial charge in [0.15, 0.2) is 16.6 Å². The fraction of sp³-hybridized carbons (Fsp3) is 0.250. The number of nitrogens with zero attached hydrogens (tertiary/aromatic N) is 2. The van der Waals surface area contributed by atoms with Gasteiger partial charge in [-0.3, -0.25) is 4.98 Å². The van der Waals surface area contributed by atoms with E-state index in [4.69, 9.17) is 26.4 Å². The molecule has 0 aliphatic carbocycles. The van der Waals surface area contributed by atoms with E-state index < -0.39 is 0 Å². The third-order valence-corrected chi connectivity index (χ3v) is 5.19. The topological polar surface area (TPSA) is 55.9 Å². The number of hydrogen-bond donors (Lipinski definition) is 1. The monoisotopic (exact) mass is 437 g/mol. The van der Waals surface area contributed by atoms with Crippen LogP contribution in [-0.2, 0) is 13.1 Å². The molecule has 7 heteroatoms. The van der Waals surface area contributed by atoms with Crippen LogP contribution in [0.5, 0.6) is 17.2 Å². The Labute approximate surface area is 188 Å². The summed E-state index contributed by atoms with van der Waals surface area (Å²) in [6.45, 7) is 3.12. The number of methoxy groups -OCH3 is 3. The highest BCUT2D eigenvalue weighted by molar-refractivity contribution is 7.80. The van der Waals surface area contributed by atoms with Gasteiger partial charge in [-0.05, 0) is 54.5 Å². The Balaban J connectivity index is 1.91. The number of aromatic nitrogens is 1. The first-order valence-electron chi connectivity index (χ1n) is 9.85. The Morgan fingerprint density at radius 2 is 1.77 bits per heavy atom. The molecule has 0 atom stereocenters. The van der Waals surface area contributed by atoms with Crippen LogP contribution in [0.25, 0.3) is 0 Å². The van der Waals surface area contributed by atoms with Gasteiger partial charge in [-0.15, -0.1) is 0 Å². The number of rotatable bonds is 8. The zero-order valence-corrected chi connectivity index (χ0v) is 19.0. The maximum absolute atomic E-state index is 5.80. The summed E-state index contributed by atoms with van der Waals surface area (Å²) in [6, 6.07) is 15.7. The summed E-state index contributed by atoms with van der Waals surface area (Å²) < 4.78 is 16.6. The summed E-state index contributed by atoms with van der Waals surface area (Å²) in [4.78, 5) is 6.29. The Hall–Kier alpha value is -3.32. The van der Waals surface area contributed by atoms with Gasteiger partial charge in [-0.1, -0.05) is 24.3 Å². The quantitative estimate of drug-likeness (QED) is 0.507. The molecule has 1 heterocycles. The first kappa shape index (κ1) is 22.4. The second-order valence-electron chi connectivity index (χ2n) is 7.00. The van der Waals surface area contributed by atoms with E-state index in [0.29, 0.717) is 29.7 Å². The first-order valence-corrected chi connectivity index (χ1v) is 10.3. The van der Waals surface area contributed by atoms with Crippen molar-refractivity contribution in [3.05, 3.63) is 77.6 Å². The van der Waals surface area contributed by atoms with Crippen molar-refractivity contribution in [1.82, 2.24) is 9.88 Å². The van der Waals surface area contributed by atoms with Crippen molar-refractivity contribution in [2.75, 3.05) is 26.6 Å². The van der Waals surface area contributed by atoms with Gasteiger partial charge < -0.3 is 24.4 Å². The number of nitrogens with one attached hydrogen (secondary N) is 1. The third kappa shape index (κ3) is 5.64. The van der Waals surface area contributed by atoms with Gasteiger partial charge in [0.05, 0.1) is 27.0 Å². The number of pyridine rings is 1. The highest BCUT2D eigenvalue weighted by Gasteiger charge is 2.18. The lowest BCUT2D eigenvalue weighted by atomic mass is 10.1. The van der Waals surface area contributed by atoms with Crippen molar-refractivity contribution < 1.29 is 14.2 Å². The second kappa shape index (κ2) is 10.6. The van der Waals surface area contributed by atoms with Crippen molar-refractivity contribution in [2.24, 2.45) is 0 Å². The molecule has 6 nitrogen and oxygen atoms in total. The molecule has 0 unspecified atom stereocenters. The van der Waals surface area contributed by atoms with Crippen molar-refractivity contribution in [1.29, 1.82) is 0 Å². The van der Waals surface area contributed by atoms with E-state index in [-0.39, 0.29) is 0 Å². The molecule has 0 aliphatic heterocycles. The van der Waals surface area contributed by atoms with Crippen LogP contribution in [0.2, 0.25) is 0 Å². The summed E-state index contributed by atoms with van der Waals surface area (Å²) >= 11 is 5.80. The smallest absolute Gasteiger partial charge is 0.174 e. The van der Waals surface area contributed by atoms with Crippen LogP contribution in [0.15, 0.2) is 60.9 Å². The van der Waals surface area contributed by atoms with E-state index in [9.17, 15) is 0 Å². The van der Waals surface area contributed by atoms with E-state index >= 15 is 0 Å². The van der Waals surface area contributed by atoms with Crippen LogP contribution in [-0.4, -0.2) is 36.3 Å². The zero-order valence-electron chi connectivity index (χ0n) is 18.2. The van der Waals surface area contributed by atoms with Crippen molar-refractivity contribution in [3.63, 3.8) is 0 Å². The average molecular weight is 438 g/mol. The molecule has 31 heavy (non-hydrogen) atoms. The molecule has 0 saturated heterocycles. The molecule has 2 aromatic carbocycles. The normalized spacial score (nSPS) is 10.3. The van der Waals surface area contributed by atoms with E-state index in [1.165, 1.54) is 0 Å². The summed E-state index contributed by atoms with van der Waals surface area (Å²) in [5.74, 6) is 2.11. The van der Waals surface area contributed by atoms with Crippen LogP contribution in [0.3, 0.4) is 0 Å². The van der Waals surface area contributed by atoms with Gasteiger partial charge in [0.2, 0.25) is 0 Å². The maximum atomic E-state index is 5.80.